The molecule has 0 aromatic heterocycles. The highest BCUT2D eigenvalue weighted by molar-refractivity contribution is 5.44. The molecule has 0 heterocycles. The number of nitrogen functional groups attached to an aromatic ring is 2. The second-order valence-electron chi connectivity index (χ2n) is 13.0. The summed E-state index contributed by atoms with van der Waals surface area (Å²) in [5, 5.41) is 0. The van der Waals surface area contributed by atoms with Gasteiger partial charge in [-0.1, -0.05) is 145 Å². The van der Waals surface area contributed by atoms with Crippen LogP contribution in [0.5, 0.6) is 0 Å². The van der Waals surface area contributed by atoms with Crippen LogP contribution in [-0.2, 0) is 12.8 Å². The summed E-state index contributed by atoms with van der Waals surface area (Å²) >= 11 is 0. The smallest absolute Gasteiger partial charge is 0.0314 e. The van der Waals surface area contributed by atoms with Gasteiger partial charge in [0, 0.05) is 23.2 Å². The van der Waals surface area contributed by atoms with Gasteiger partial charge < -0.3 is 11.5 Å². The molecule has 0 saturated carbocycles. The molecular formula is C42H56N2. The van der Waals surface area contributed by atoms with Crippen LogP contribution in [0.15, 0.2) is 97.1 Å². The zero-order valence-electron chi connectivity index (χ0n) is 27.6. The highest BCUT2D eigenvalue weighted by atomic mass is 14.5. The summed E-state index contributed by atoms with van der Waals surface area (Å²) in [6.45, 7) is 6.88. The van der Waals surface area contributed by atoms with Crippen molar-refractivity contribution >= 4 is 11.4 Å². The highest BCUT2D eigenvalue weighted by Gasteiger charge is 2.17. The summed E-state index contributed by atoms with van der Waals surface area (Å²) in [4.78, 5) is 0. The quantitative estimate of drug-likeness (QED) is 0.0897. The minimum atomic E-state index is 0.431. The first-order valence-electron chi connectivity index (χ1n) is 17.4. The van der Waals surface area contributed by atoms with Gasteiger partial charge in [-0.2, -0.15) is 0 Å². The van der Waals surface area contributed by atoms with Gasteiger partial charge in [-0.15, -0.1) is 0 Å². The molecule has 4 rings (SSSR count). The van der Waals surface area contributed by atoms with E-state index < -0.39 is 0 Å². The molecular weight excluding hydrogens is 532 g/mol. The lowest BCUT2D eigenvalue weighted by Crippen LogP contribution is -2.09. The van der Waals surface area contributed by atoms with Crippen molar-refractivity contribution in [2.45, 2.75) is 110 Å². The Labute approximate surface area is 268 Å². The van der Waals surface area contributed by atoms with E-state index in [9.17, 15) is 0 Å². The molecule has 0 radical (unpaired) electrons. The molecule has 0 spiro atoms. The van der Waals surface area contributed by atoms with Crippen molar-refractivity contribution in [3.05, 3.63) is 130 Å². The molecule has 44 heavy (non-hydrogen) atoms. The molecule has 2 unspecified atom stereocenters. The number of hydrogen-bond acceptors (Lipinski definition) is 2. The fraction of sp³-hybridized carbons (Fsp3) is 0.429. The standard InChI is InChI=1S/C42H56N2/c1-4-7-9-12-41(37-22-26-39(43)27-23-37)35-18-14-32(15-19-35)30-34(11-6-3)31-33-16-20-36(21-17-33)42(13-10-8-5-2)38-24-28-40(44)29-25-38/h14-29,34,41-42H,4-13,30-31,43-44H2,1-3H3. The van der Waals surface area contributed by atoms with Crippen molar-refractivity contribution < 1.29 is 0 Å². The highest BCUT2D eigenvalue weighted by Crippen LogP contribution is 2.33. The number of rotatable bonds is 18. The molecule has 0 aliphatic heterocycles. The Morgan fingerprint density at radius 1 is 0.409 bits per heavy atom. The molecule has 4 aromatic rings. The lowest BCUT2D eigenvalue weighted by Gasteiger charge is -2.21. The van der Waals surface area contributed by atoms with Crippen LogP contribution in [0.3, 0.4) is 0 Å². The Hall–Kier alpha value is -3.52. The monoisotopic (exact) mass is 588 g/mol. The topological polar surface area (TPSA) is 52.0 Å². The van der Waals surface area contributed by atoms with Crippen LogP contribution in [0.2, 0.25) is 0 Å². The minimum Gasteiger partial charge on any atom is -0.399 e. The van der Waals surface area contributed by atoms with Gasteiger partial charge in [0.25, 0.3) is 0 Å². The zero-order valence-corrected chi connectivity index (χ0v) is 27.6. The predicted octanol–water partition coefficient (Wildman–Crippen LogP) is 11.5. The minimum absolute atomic E-state index is 0.431. The van der Waals surface area contributed by atoms with Crippen LogP contribution in [0.25, 0.3) is 0 Å². The van der Waals surface area contributed by atoms with Gasteiger partial charge in [0.1, 0.15) is 0 Å². The summed E-state index contributed by atoms with van der Waals surface area (Å²) in [5.41, 5.74) is 22.2. The first-order chi connectivity index (χ1) is 21.5. The van der Waals surface area contributed by atoms with E-state index in [1.165, 1.54) is 97.6 Å². The maximum absolute atomic E-state index is 6.00. The summed E-state index contributed by atoms with van der Waals surface area (Å²) in [5.74, 6) is 1.51. The lowest BCUT2D eigenvalue weighted by atomic mass is 9.84. The maximum Gasteiger partial charge on any atom is 0.0314 e. The van der Waals surface area contributed by atoms with Crippen LogP contribution >= 0.6 is 0 Å². The Balaban J connectivity index is 1.44. The molecule has 2 atom stereocenters. The van der Waals surface area contributed by atoms with Crippen LogP contribution in [0.1, 0.15) is 130 Å². The van der Waals surface area contributed by atoms with Gasteiger partial charge in [0.2, 0.25) is 0 Å². The third-order valence-corrected chi connectivity index (χ3v) is 9.38. The molecule has 4 aromatic carbocycles. The Morgan fingerprint density at radius 3 is 1.07 bits per heavy atom. The number of nitrogens with two attached hydrogens (primary N) is 2. The van der Waals surface area contributed by atoms with E-state index >= 15 is 0 Å². The van der Waals surface area contributed by atoms with Gasteiger partial charge in [-0.3, -0.25) is 0 Å². The van der Waals surface area contributed by atoms with E-state index in [0.29, 0.717) is 17.8 Å². The zero-order chi connectivity index (χ0) is 31.1. The van der Waals surface area contributed by atoms with Crippen molar-refractivity contribution in [3.63, 3.8) is 0 Å². The summed E-state index contributed by atoms with van der Waals surface area (Å²) < 4.78 is 0. The normalized spacial score (nSPS) is 13.4. The first-order valence-corrected chi connectivity index (χ1v) is 17.4. The largest absolute Gasteiger partial charge is 0.399 e. The number of anilines is 2. The Morgan fingerprint density at radius 2 is 0.750 bits per heavy atom. The molecule has 0 aliphatic carbocycles. The third kappa shape index (κ3) is 10.0. The molecule has 0 bridgehead atoms. The van der Waals surface area contributed by atoms with E-state index in [4.69, 9.17) is 11.5 Å². The molecule has 0 saturated heterocycles. The van der Waals surface area contributed by atoms with E-state index in [-0.39, 0.29) is 0 Å². The Bertz CT molecular complexity index is 1230. The van der Waals surface area contributed by atoms with E-state index in [1.807, 2.05) is 24.3 Å². The summed E-state index contributed by atoms with van der Waals surface area (Å²) in [6.07, 6.45) is 14.7. The number of hydrogen-bond donors (Lipinski definition) is 2. The summed E-state index contributed by atoms with van der Waals surface area (Å²) in [7, 11) is 0. The molecule has 0 amide bonds. The lowest BCUT2D eigenvalue weighted by molar-refractivity contribution is 0.474. The van der Waals surface area contributed by atoms with Gasteiger partial charge in [-0.25, -0.2) is 0 Å². The van der Waals surface area contributed by atoms with Gasteiger partial charge in [0.15, 0.2) is 0 Å². The van der Waals surface area contributed by atoms with E-state index in [0.717, 1.165) is 24.2 Å². The predicted molar refractivity (Wildman–Crippen MR) is 192 cm³/mol. The van der Waals surface area contributed by atoms with Crippen molar-refractivity contribution in [3.8, 4) is 0 Å². The summed E-state index contributed by atoms with van der Waals surface area (Å²) in [6, 6.07) is 36.1. The second kappa shape index (κ2) is 17.7. The maximum atomic E-state index is 6.00. The molecule has 234 valence electrons. The number of unbranched alkanes of at least 4 members (excludes halogenated alkanes) is 4. The van der Waals surface area contributed by atoms with E-state index in [1.54, 1.807) is 0 Å². The molecule has 2 heteroatoms. The molecule has 0 fully saturated rings. The average Bonchev–Trinajstić information content (AvgIpc) is 3.04. The van der Waals surface area contributed by atoms with Gasteiger partial charge >= 0.3 is 0 Å². The van der Waals surface area contributed by atoms with Crippen LogP contribution in [-0.4, -0.2) is 0 Å². The third-order valence-electron chi connectivity index (χ3n) is 9.38. The fourth-order valence-electron chi connectivity index (χ4n) is 6.83. The SMILES string of the molecule is CCCCCC(c1ccc(N)cc1)c1ccc(CC(CCC)Cc2ccc(C(CCCCC)c3ccc(N)cc3)cc2)cc1. The van der Waals surface area contributed by atoms with Crippen molar-refractivity contribution in [1.29, 1.82) is 0 Å². The average molecular weight is 589 g/mol. The van der Waals surface area contributed by atoms with Crippen molar-refractivity contribution in [1.82, 2.24) is 0 Å². The molecule has 0 aliphatic rings. The molecule has 4 N–H and O–H groups in total. The van der Waals surface area contributed by atoms with Crippen LogP contribution < -0.4 is 11.5 Å². The van der Waals surface area contributed by atoms with E-state index in [2.05, 4.69) is 93.6 Å². The fourth-order valence-corrected chi connectivity index (χ4v) is 6.83. The van der Waals surface area contributed by atoms with Gasteiger partial charge in [0.05, 0.1) is 0 Å². The van der Waals surface area contributed by atoms with Crippen LogP contribution in [0.4, 0.5) is 11.4 Å². The van der Waals surface area contributed by atoms with Crippen molar-refractivity contribution in [2.24, 2.45) is 5.92 Å². The van der Waals surface area contributed by atoms with Gasteiger partial charge in [-0.05, 0) is 89.2 Å². The Kier molecular flexibility index (Phi) is 13.4. The second-order valence-corrected chi connectivity index (χ2v) is 13.0. The van der Waals surface area contributed by atoms with Crippen LogP contribution in [0, 0.1) is 5.92 Å². The van der Waals surface area contributed by atoms with Crippen molar-refractivity contribution in [2.75, 3.05) is 11.5 Å². The first kappa shape index (κ1) is 33.4. The number of benzene rings is 4. The molecule has 2 nitrogen and oxygen atoms in total.